The first-order chi connectivity index (χ1) is 8.47. The summed E-state index contributed by atoms with van der Waals surface area (Å²) in [4.78, 5) is 25.5. The molecule has 0 fully saturated rings. The van der Waals surface area contributed by atoms with Gasteiger partial charge in [0.2, 0.25) is 10.0 Å². The molecule has 102 valence electrons. The van der Waals surface area contributed by atoms with Crippen molar-refractivity contribution in [1.29, 1.82) is 0 Å². The van der Waals surface area contributed by atoms with E-state index in [0.717, 1.165) is 19.2 Å². The molecule has 1 heterocycles. The van der Waals surface area contributed by atoms with Gasteiger partial charge < -0.3 is 10.3 Å². The Balaban J connectivity index is 2.69. The average Bonchev–Trinajstić information content (AvgIpc) is 2.28. The minimum absolute atomic E-state index is 0.168. The smallest absolute Gasteiger partial charge is 0.315 e. The van der Waals surface area contributed by atoms with Crippen LogP contribution in [0.2, 0.25) is 0 Å². The van der Waals surface area contributed by atoms with E-state index in [0.29, 0.717) is 6.54 Å². The maximum absolute atomic E-state index is 11.7. The first kappa shape index (κ1) is 14.6. The zero-order chi connectivity index (χ0) is 13.6. The van der Waals surface area contributed by atoms with Gasteiger partial charge in [-0.1, -0.05) is 6.92 Å². The van der Waals surface area contributed by atoms with Crippen molar-refractivity contribution in [2.24, 2.45) is 0 Å². The fourth-order valence-electron chi connectivity index (χ4n) is 1.25. The van der Waals surface area contributed by atoms with E-state index in [1.165, 1.54) is 0 Å². The number of hydrogen-bond donors (Lipinski definition) is 4. The summed E-state index contributed by atoms with van der Waals surface area (Å²) in [6, 6.07) is 0. The number of nitrogens with one attached hydrogen (secondary N) is 4. The lowest BCUT2D eigenvalue weighted by Gasteiger charge is -2.06. The first-order valence-corrected chi connectivity index (χ1v) is 6.98. The molecule has 0 radical (unpaired) electrons. The van der Waals surface area contributed by atoms with Crippen LogP contribution in [-0.2, 0) is 10.0 Å². The van der Waals surface area contributed by atoms with Crippen LogP contribution in [0.3, 0.4) is 0 Å². The SMILES string of the molecule is CCCNCCNS(=O)(=O)c1c[nH]c(=O)[nH]c1=O. The summed E-state index contributed by atoms with van der Waals surface area (Å²) in [6.45, 7) is 3.42. The van der Waals surface area contributed by atoms with Crippen molar-refractivity contribution in [3.63, 3.8) is 0 Å². The summed E-state index contributed by atoms with van der Waals surface area (Å²) in [5.74, 6) is 0. The second kappa shape index (κ2) is 6.47. The highest BCUT2D eigenvalue weighted by molar-refractivity contribution is 7.89. The molecule has 1 rings (SSSR count). The molecule has 4 N–H and O–H groups in total. The van der Waals surface area contributed by atoms with Crippen LogP contribution < -0.4 is 21.3 Å². The highest BCUT2D eigenvalue weighted by Crippen LogP contribution is 1.96. The summed E-state index contributed by atoms with van der Waals surface area (Å²) < 4.78 is 25.7. The Morgan fingerprint density at radius 2 is 1.94 bits per heavy atom. The number of rotatable bonds is 7. The van der Waals surface area contributed by atoms with Crippen LogP contribution in [0, 0.1) is 0 Å². The summed E-state index contributed by atoms with van der Waals surface area (Å²) in [5.41, 5.74) is -1.68. The Hall–Kier alpha value is -1.45. The maximum atomic E-state index is 11.7. The monoisotopic (exact) mass is 276 g/mol. The summed E-state index contributed by atoms with van der Waals surface area (Å²) >= 11 is 0. The normalized spacial score (nSPS) is 11.6. The van der Waals surface area contributed by atoms with Crippen molar-refractivity contribution in [2.45, 2.75) is 18.2 Å². The molecule has 1 aromatic heterocycles. The van der Waals surface area contributed by atoms with Crippen LogP contribution in [0.1, 0.15) is 13.3 Å². The largest absolute Gasteiger partial charge is 0.325 e. The van der Waals surface area contributed by atoms with E-state index in [-0.39, 0.29) is 6.54 Å². The molecule has 0 unspecified atom stereocenters. The Morgan fingerprint density at radius 1 is 1.22 bits per heavy atom. The van der Waals surface area contributed by atoms with E-state index < -0.39 is 26.2 Å². The molecule has 0 atom stereocenters. The molecule has 0 amide bonds. The van der Waals surface area contributed by atoms with E-state index in [1.54, 1.807) is 0 Å². The molecule has 0 aliphatic carbocycles. The van der Waals surface area contributed by atoms with E-state index in [9.17, 15) is 18.0 Å². The zero-order valence-corrected chi connectivity index (χ0v) is 10.8. The Bertz CT molecular complexity index is 589. The van der Waals surface area contributed by atoms with E-state index in [4.69, 9.17) is 0 Å². The van der Waals surface area contributed by atoms with Crippen LogP contribution in [-0.4, -0.2) is 38.0 Å². The number of aromatic amines is 2. The molecule has 0 aromatic carbocycles. The molecule has 0 saturated heterocycles. The average molecular weight is 276 g/mol. The van der Waals surface area contributed by atoms with Gasteiger partial charge in [0.15, 0.2) is 4.90 Å². The van der Waals surface area contributed by atoms with Crippen molar-refractivity contribution >= 4 is 10.0 Å². The van der Waals surface area contributed by atoms with Gasteiger partial charge in [-0.05, 0) is 13.0 Å². The van der Waals surface area contributed by atoms with Gasteiger partial charge in [0, 0.05) is 19.3 Å². The quantitative estimate of drug-likeness (QED) is 0.444. The van der Waals surface area contributed by atoms with Gasteiger partial charge in [0.25, 0.3) is 5.56 Å². The van der Waals surface area contributed by atoms with Crippen molar-refractivity contribution in [3.8, 4) is 0 Å². The van der Waals surface area contributed by atoms with Crippen LogP contribution in [0.25, 0.3) is 0 Å². The predicted octanol–water partition coefficient (Wildman–Crippen LogP) is -1.66. The number of hydrogen-bond acceptors (Lipinski definition) is 5. The van der Waals surface area contributed by atoms with Crippen molar-refractivity contribution < 1.29 is 8.42 Å². The van der Waals surface area contributed by atoms with Gasteiger partial charge in [0.1, 0.15) is 0 Å². The Kier molecular flexibility index (Phi) is 5.25. The minimum Gasteiger partial charge on any atom is -0.315 e. The topological polar surface area (TPSA) is 124 Å². The second-order valence-corrected chi connectivity index (χ2v) is 5.32. The lowest BCUT2D eigenvalue weighted by molar-refractivity contribution is 0.573. The molecule has 18 heavy (non-hydrogen) atoms. The van der Waals surface area contributed by atoms with E-state index in [1.807, 2.05) is 11.9 Å². The third-order valence-corrected chi connectivity index (χ3v) is 3.56. The molecular weight excluding hydrogens is 260 g/mol. The molecule has 1 aromatic rings. The molecular formula is C9H16N4O4S. The van der Waals surface area contributed by atoms with Gasteiger partial charge in [0.05, 0.1) is 0 Å². The van der Waals surface area contributed by atoms with Crippen molar-refractivity contribution in [2.75, 3.05) is 19.6 Å². The molecule has 0 bridgehead atoms. The predicted molar refractivity (Wildman–Crippen MR) is 66.0 cm³/mol. The highest BCUT2D eigenvalue weighted by atomic mass is 32.2. The molecule has 0 saturated carbocycles. The molecule has 0 aliphatic rings. The van der Waals surface area contributed by atoms with Gasteiger partial charge in [-0.3, -0.25) is 9.78 Å². The third-order valence-electron chi connectivity index (χ3n) is 2.10. The van der Waals surface area contributed by atoms with Crippen LogP contribution >= 0.6 is 0 Å². The first-order valence-electron chi connectivity index (χ1n) is 5.49. The lowest BCUT2D eigenvalue weighted by atomic mass is 10.5. The van der Waals surface area contributed by atoms with Gasteiger partial charge in [-0.2, -0.15) is 0 Å². The van der Waals surface area contributed by atoms with Crippen LogP contribution in [0.4, 0.5) is 0 Å². The third kappa shape index (κ3) is 4.09. The summed E-state index contributed by atoms with van der Waals surface area (Å²) in [5, 5.41) is 3.01. The van der Waals surface area contributed by atoms with E-state index in [2.05, 4.69) is 15.0 Å². The van der Waals surface area contributed by atoms with Gasteiger partial charge in [-0.15, -0.1) is 0 Å². The summed E-state index contributed by atoms with van der Waals surface area (Å²) in [7, 11) is -3.90. The maximum Gasteiger partial charge on any atom is 0.325 e. The van der Waals surface area contributed by atoms with Gasteiger partial charge >= 0.3 is 5.69 Å². The molecule has 9 heteroatoms. The minimum atomic E-state index is -3.90. The standard InChI is InChI=1S/C9H16N4O4S/c1-2-3-10-4-5-12-18(16,17)7-6-11-9(15)13-8(7)14/h6,10,12H,2-5H2,1H3,(H2,11,13,14,15). The van der Waals surface area contributed by atoms with Crippen LogP contribution in [0.15, 0.2) is 20.7 Å². The Labute approximate surface area is 104 Å². The van der Waals surface area contributed by atoms with Gasteiger partial charge in [-0.25, -0.2) is 17.9 Å². The molecule has 8 nitrogen and oxygen atoms in total. The summed E-state index contributed by atoms with van der Waals surface area (Å²) in [6.07, 6.45) is 1.83. The fourth-order valence-corrected chi connectivity index (χ4v) is 2.29. The number of sulfonamides is 1. The second-order valence-electron chi connectivity index (χ2n) is 3.58. The van der Waals surface area contributed by atoms with Crippen LogP contribution in [0.5, 0.6) is 0 Å². The molecule has 0 aliphatic heterocycles. The zero-order valence-electron chi connectivity index (χ0n) is 9.95. The number of aromatic nitrogens is 2. The van der Waals surface area contributed by atoms with E-state index >= 15 is 0 Å². The fraction of sp³-hybridized carbons (Fsp3) is 0.556. The Morgan fingerprint density at radius 3 is 2.56 bits per heavy atom. The lowest BCUT2D eigenvalue weighted by Crippen LogP contribution is -2.36. The van der Waals surface area contributed by atoms with Crippen molar-refractivity contribution in [1.82, 2.24) is 20.0 Å². The highest BCUT2D eigenvalue weighted by Gasteiger charge is 2.17. The van der Waals surface area contributed by atoms with Crippen molar-refractivity contribution in [3.05, 3.63) is 27.0 Å². The number of H-pyrrole nitrogens is 2. The molecule has 0 spiro atoms.